The molecule has 2 N–H and O–H groups in total. The molecule has 7 nitrogen and oxygen atoms in total. The van der Waals surface area contributed by atoms with Gasteiger partial charge in [-0.3, -0.25) is 4.79 Å². The third-order valence-corrected chi connectivity index (χ3v) is 3.02. The van der Waals surface area contributed by atoms with Crippen LogP contribution in [-0.2, 0) is 6.54 Å². The monoisotopic (exact) mass is 338 g/mol. The van der Waals surface area contributed by atoms with E-state index in [1.54, 1.807) is 24.3 Å². The van der Waals surface area contributed by atoms with Crippen LogP contribution in [0.1, 0.15) is 20.8 Å². The average Bonchev–Trinajstić information content (AvgIpc) is 2.88. The minimum absolute atomic E-state index is 0.121. The zero-order valence-electron chi connectivity index (χ0n) is 10.3. The number of carbonyl (C=O) groups excluding carboxylic acids is 1. The second kappa shape index (κ2) is 6.29. The van der Waals surface area contributed by atoms with Gasteiger partial charge in [-0.1, -0.05) is 21.1 Å². The molecule has 0 bridgehead atoms. The Kier molecular flexibility index (Phi) is 4.46. The Hall–Kier alpha value is -2.22. The second-order valence-electron chi connectivity index (χ2n) is 3.93. The molecule has 0 radical (unpaired) electrons. The average molecular weight is 339 g/mol. The Bertz CT molecular complexity index is 624. The van der Waals surface area contributed by atoms with Crippen LogP contribution in [0.5, 0.6) is 0 Å². The molecule has 1 aromatic carbocycles. The summed E-state index contributed by atoms with van der Waals surface area (Å²) in [5.74, 6) is -1.33. The number of rotatable bonds is 5. The maximum Gasteiger partial charge on any atom is 0.358 e. The highest BCUT2D eigenvalue weighted by molar-refractivity contribution is 9.10. The van der Waals surface area contributed by atoms with E-state index in [4.69, 9.17) is 5.11 Å². The zero-order chi connectivity index (χ0) is 14.5. The number of halogens is 1. The quantitative estimate of drug-likeness (QED) is 0.852. The zero-order valence-corrected chi connectivity index (χ0v) is 11.9. The topological polar surface area (TPSA) is 97.1 Å². The number of carboxylic acids is 1. The number of hydrogen-bond donors (Lipinski definition) is 2. The lowest BCUT2D eigenvalue weighted by Gasteiger charge is -2.05. The van der Waals surface area contributed by atoms with Gasteiger partial charge in [0.05, 0.1) is 12.7 Å². The molecule has 8 heteroatoms. The molecule has 0 atom stereocenters. The van der Waals surface area contributed by atoms with Crippen LogP contribution in [0.3, 0.4) is 0 Å². The van der Waals surface area contributed by atoms with Crippen molar-refractivity contribution in [3.05, 3.63) is 46.2 Å². The van der Waals surface area contributed by atoms with E-state index >= 15 is 0 Å². The fourth-order valence-corrected chi connectivity index (χ4v) is 1.76. The standard InChI is InChI=1S/C12H11BrN4O3/c13-9-3-1-8(2-4-9)11(18)14-5-6-17-7-10(12(19)20)15-16-17/h1-4,7H,5-6H2,(H,14,18)(H,19,20). The summed E-state index contributed by atoms with van der Waals surface area (Å²) >= 11 is 3.29. The molecule has 20 heavy (non-hydrogen) atoms. The van der Waals surface area contributed by atoms with Gasteiger partial charge in [-0.25, -0.2) is 9.48 Å². The number of hydrogen-bond acceptors (Lipinski definition) is 4. The molecular formula is C12H11BrN4O3. The first-order valence-corrected chi connectivity index (χ1v) is 6.53. The molecule has 1 aromatic heterocycles. The maximum atomic E-state index is 11.8. The fourth-order valence-electron chi connectivity index (χ4n) is 1.49. The highest BCUT2D eigenvalue weighted by Gasteiger charge is 2.08. The lowest BCUT2D eigenvalue weighted by molar-refractivity contribution is 0.0690. The fraction of sp³-hybridized carbons (Fsp3) is 0.167. The number of carboxylic acid groups (broad SMARTS) is 1. The molecule has 0 saturated heterocycles. The van der Waals surface area contributed by atoms with Gasteiger partial charge in [0.1, 0.15) is 0 Å². The van der Waals surface area contributed by atoms with Crippen molar-refractivity contribution in [1.82, 2.24) is 20.3 Å². The summed E-state index contributed by atoms with van der Waals surface area (Å²) < 4.78 is 2.27. The summed E-state index contributed by atoms with van der Waals surface area (Å²) in [4.78, 5) is 22.4. The van der Waals surface area contributed by atoms with Crippen LogP contribution >= 0.6 is 15.9 Å². The molecule has 0 aliphatic rings. The molecule has 0 unspecified atom stereocenters. The largest absolute Gasteiger partial charge is 0.476 e. The molecule has 0 saturated carbocycles. The normalized spacial score (nSPS) is 10.2. The third kappa shape index (κ3) is 3.64. The molecule has 1 amide bonds. The number of amides is 1. The van der Waals surface area contributed by atoms with Crippen molar-refractivity contribution in [3.8, 4) is 0 Å². The molecule has 0 aliphatic heterocycles. The van der Waals surface area contributed by atoms with Crippen LogP contribution in [0.4, 0.5) is 0 Å². The van der Waals surface area contributed by atoms with Gasteiger partial charge in [0.2, 0.25) is 0 Å². The van der Waals surface area contributed by atoms with E-state index in [9.17, 15) is 9.59 Å². The highest BCUT2D eigenvalue weighted by atomic mass is 79.9. The Balaban J connectivity index is 1.84. The van der Waals surface area contributed by atoms with Gasteiger partial charge in [0.25, 0.3) is 5.91 Å². The minimum Gasteiger partial charge on any atom is -0.476 e. The predicted molar refractivity (Wildman–Crippen MR) is 73.5 cm³/mol. The lowest BCUT2D eigenvalue weighted by atomic mass is 10.2. The number of aromatic carboxylic acids is 1. The van der Waals surface area contributed by atoms with Gasteiger partial charge in [0, 0.05) is 16.6 Å². The first-order valence-electron chi connectivity index (χ1n) is 5.73. The maximum absolute atomic E-state index is 11.8. The van der Waals surface area contributed by atoms with Gasteiger partial charge < -0.3 is 10.4 Å². The molecule has 2 rings (SSSR count). The summed E-state index contributed by atoms with van der Waals surface area (Å²) in [5, 5.41) is 18.5. The Labute approximate surface area is 122 Å². The van der Waals surface area contributed by atoms with Crippen LogP contribution in [0.25, 0.3) is 0 Å². The first kappa shape index (κ1) is 14.2. The summed E-state index contributed by atoms with van der Waals surface area (Å²) in [6, 6.07) is 6.98. The molecule has 0 spiro atoms. The van der Waals surface area contributed by atoms with Crippen molar-refractivity contribution in [2.75, 3.05) is 6.54 Å². The number of aromatic nitrogens is 3. The molecule has 0 aliphatic carbocycles. The van der Waals surface area contributed by atoms with Crippen LogP contribution in [0.15, 0.2) is 34.9 Å². The van der Waals surface area contributed by atoms with Gasteiger partial charge >= 0.3 is 5.97 Å². The van der Waals surface area contributed by atoms with Crippen molar-refractivity contribution in [3.63, 3.8) is 0 Å². The summed E-state index contributed by atoms with van der Waals surface area (Å²) in [6.07, 6.45) is 1.31. The number of benzene rings is 1. The van der Waals surface area contributed by atoms with E-state index in [0.29, 0.717) is 18.7 Å². The van der Waals surface area contributed by atoms with Crippen molar-refractivity contribution < 1.29 is 14.7 Å². The second-order valence-corrected chi connectivity index (χ2v) is 4.85. The molecular weight excluding hydrogens is 328 g/mol. The SMILES string of the molecule is O=C(NCCn1cc(C(=O)O)nn1)c1ccc(Br)cc1. The molecule has 104 valence electrons. The van der Waals surface area contributed by atoms with Crippen LogP contribution in [-0.4, -0.2) is 38.5 Å². The Morgan fingerprint density at radius 3 is 2.60 bits per heavy atom. The predicted octanol–water partition coefficient (Wildman–Crippen LogP) is 1.17. The first-order chi connectivity index (χ1) is 9.56. The van der Waals surface area contributed by atoms with Gasteiger partial charge in [0.15, 0.2) is 5.69 Å². The number of carbonyl (C=O) groups is 2. The van der Waals surface area contributed by atoms with Crippen molar-refractivity contribution >= 4 is 27.8 Å². The van der Waals surface area contributed by atoms with Gasteiger partial charge in [-0.2, -0.15) is 0 Å². The van der Waals surface area contributed by atoms with E-state index < -0.39 is 5.97 Å². The molecule has 1 heterocycles. The number of nitrogens with one attached hydrogen (secondary N) is 1. The van der Waals surface area contributed by atoms with Crippen molar-refractivity contribution in [2.24, 2.45) is 0 Å². The van der Waals surface area contributed by atoms with Gasteiger partial charge in [-0.05, 0) is 24.3 Å². The summed E-state index contributed by atoms with van der Waals surface area (Å²) in [7, 11) is 0. The highest BCUT2D eigenvalue weighted by Crippen LogP contribution is 2.10. The smallest absolute Gasteiger partial charge is 0.358 e. The molecule has 2 aromatic rings. The van der Waals surface area contributed by atoms with E-state index in [1.807, 2.05) is 0 Å². The molecule has 0 fully saturated rings. The van der Waals surface area contributed by atoms with Crippen molar-refractivity contribution in [2.45, 2.75) is 6.54 Å². The lowest BCUT2D eigenvalue weighted by Crippen LogP contribution is -2.27. The minimum atomic E-state index is -1.13. The van der Waals surface area contributed by atoms with Gasteiger partial charge in [-0.15, -0.1) is 5.10 Å². The Morgan fingerprint density at radius 2 is 2.00 bits per heavy atom. The van der Waals surface area contributed by atoms with Crippen molar-refractivity contribution in [1.29, 1.82) is 0 Å². The van der Waals surface area contributed by atoms with Crippen LogP contribution in [0, 0.1) is 0 Å². The third-order valence-electron chi connectivity index (χ3n) is 2.49. The summed E-state index contributed by atoms with van der Waals surface area (Å²) in [5.41, 5.74) is 0.433. The summed E-state index contributed by atoms with van der Waals surface area (Å²) in [6.45, 7) is 0.680. The van der Waals surface area contributed by atoms with E-state index in [-0.39, 0.29) is 11.6 Å². The van der Waals surface area contributed by atoms with Crippen LogP contribution < -0.4 is 5.32 Å². The Morgan fingerprint density at radius 1 is 1.30 bits per heavy atom. The van der Waals surface area contributed by atoms with Crippen LogP contribution in [0.2, 0.25) is 0 Å². The number of nitrogens with zero attached hydrogens (tertiary/aromatic N) is 3. The van der Waals surface area contributed by atoms with E-state index in [0.717, 1.165) is 4.47 Å². The van der Waals surface area contributed by atoms with E-state index in [2.05, 4.69) is 31.6 Å². The van der Waals surface area contributed by atoms with E-state index in [1.165, 1.54) is 10.9 Å².